The lowest BCUT2D eigenvalue weighted by Crippen LogP contribution is -2.46. The van der Waals surface area contributed by atoms with E-state index >= 15 is 0 Å². The number of hydrogen-bond acceptors (Lipinski definition) is 4. The quantitative estimate of drug-likeness (QED) is 0.638. The molecule has 2 aliphatic rings. The summed E-state index contributed by atoms with van der Waals surface area (Å²) in [4.78, 5) is 37.3. The first-order valence-electron chi connectivity index (χ1n) is 7.55. The third-order valence-electron chi connectivity index (χ3n) is 4.39. The van der Waals surface area contributed by atoms with E-state index in [0.29, 0.717) is 15.6 Å². The molecule has 6 nitrogen and oxygen atoms in total. The summed E-state index contributed by atoms with van der Waals surface area (Å²) in [6.45, 7) is 1.22. The first kappa shape index (κ1) is 17.0. The van der Waals surface area contributed by atoms with Crippen LogP contribution in [0.5, 0.6) is 0 Å². The van der Waals surface area contributed by atoms with Gasteiger partial charge in [0.05, 0.1) is 0 Å². The van der Waals surface area contributed by atoms with E-state index in [1.165, 1.54) is 0 Å². The van der Waals surface area contributed by atoms with Crippen molar-refractivity contribution in [3.63, 3.8) is 0 Å². The highest BCUT2D eigenvalue weighted by Gasteiger charge is 2.56. The second kappa shape index (κ2) is 6.26. The number of nitrogens with one attached hydrogen (secondary N) is 1. The topological polar surface area (TPSA) is 75.7 Å². The van der Waals surface area contributed by atoms with E-state index in [2.05, 4.69) is 5.32 Å². The summed E-state index contributed by atoms with van der Waals surface area (Å²) in [7, 11) is 0. The lowest BCUT2D eigenvalue weighted by molar-refractivity contribution is -0.148. The van der Waals surface area contributed by atoms with Crippen molar-refractivity contribution in [3.05, 3.63) is 33.8 Å². The van der Waals surface area contributed by atoms with E-state index in [4.69, 9.17) is 27.9 Å². The number of amides is 3. The number of carbonyl (C=O) groups excluding carboxylic acids is 3. The molecule has 1 N–H and O–H groups in total. The standard InChI is InChI=1S/C16H16Cl2N2O4/c1-16(10-3-4-10)14(22)20(15(23)19-16)7-13(21)24-8-9-2-5-11(17)6-12(9)18/h2,5-6,10H,3-4,7-8H2,1H3,(H,19,23). The zero-order valence-corrected chi connectivity index (χ0v) is 14.5. The smallest absolute Gasteiger partial charge is 0.326 e. The lowest BCUT2D eigenvalue weighted by Gasteiger charge is -2.20. The molecule has 0 bridgehead atoms. The van der Waals surface area contributed by atoms with Crippen molar-refractivity contribution in [1.29, 1.82) is 0 Å². The van der Waals surface area contributed by atoms with E-state index < -0.39 is 24.1 Å². The fourth-order valence-corrected chi connectivity index (χ4v) is 3.23. The number of rotatable bonds is 5. The van der Waals surface area contributed by atoms with Gasteiger partial charge in [-0.25, -0.2) is 4.79 Å². The number of esters is 1. The molecule has 0 radical (unpaired) electrons. The molecule has 1 heterocycles. The van der Waals surface area contributed by atoms with Crippen molar-refractivity contribution in [3.8, 4) is 0 Å². The number of ether oxygens (including phenoxy) is 1. The molecule has 3 rings (SSSR count). The van der Waals surface area contributed by atoms with E-state index in [0.717, 1.165) is 17.7 Å². The van der Waals surface area contributed by atoms with E-state index in [9.17, 15) is 14.4 Å². The first-order valence-corrected chi connectivity index (χ1v) is 8.30. The Balaban J connectivity index is 1.58. The van der Waals surface area contributed by atoms with Crippen molar-refractivity contribution in [2.24, 2.45) is 5.92 Å². The fourth-order valence-electron chi connectivity index (χ4n) is 2.77. The zero-order chi connectivity index (χ0) is 17.5. The van der Waals surface area contributed by atoms with E-state index in [1.54, 1.807) is 25.1 Å². The number of imide groups is 1. The maximum Gasteiger partial charge on any atom is 0.326 e. The van der Waals surface area contributed by atoms with Crippen LogP contribution in [0.15, 0.2) is 18.2 Å². The van der Waals surface area contributed by atoms with Crippen molar-refractivity contribution < 1.29 is 19.1 Å². The third-order valence-corrected chi connectivity index (χ3v) is 4.97. The van der Waals surface area contributed by atoms with Gasteiger partial charge in [-0.1, -0.05) is 29.3 Å². The van der Waals surface area contributed by atoms with Crippen LogP contribution in [0.25, 0.3) is 0 Å². The second-order valence-corrected chi connectivity index (χ2v) is 7.04. The number of carbonyl (C=O) groups is 3. The van der Waals surface area contributed by atoms with Gasteiger partial charge in [-0.05, 0) is 37.8 Å². The van der Waals surface area contributed by atoms with Crippen molar-refractivity contribution in [2.75, 3.05) is 6.54 Å². The summed E-state index contributed by atoms with van der Waals surface area (Å²) in [6.07, 6.45) is 1.80. The van der Waals surface area contributed by atoms with E-state index in [-0.39, 0.29) is 18.4 Å². The van der Waals surface area contributed by atoms with Crippen molar-refractivity contribution in [1.82, 2.24) is 10.2 Å². The number of nitrogens with zero attached hydrogens (tertiary/aromatic N) is 1. The van der Waals surface area contributed by atoms with Crippen molar-refractivity contribution in [2.45, 2.75) is 31.9 Å². The number of urea groups is 1. The minimum absolute atomic E-state index is 0.0572. The fraction of sp³-hybridized carbons (Fsp3) is 0.438. The van der Waals surface area contributed by atoms with Gasteiger partial charge in [0.25, 0.3) is 5.91 Å². The molecule has 1 aliphatic heterocycles. The SMILES string of the molecule is CC1(C2CC2)NC(=O)N(CC(=O)OCc2ccc(Cl)cc2Cl)C1=O. The third kappa shape index (κ3) is 3.21. The summed E-state index contributed by atoms with van der Waals surface area (Å²) in [6, 6.07) is 4.27. The second-order valence-electron chi connectivity index (χ2n) is 6.19. The molecule has 128 valence electrons. The predicted molar refractivity (Wildman–Crippen MR) is 87.6 cm³/mol. The van der Waals surface area contributed by atoms with Crippen LogP contribution in [0.1, 0.15) is 25.3 Å². The summed E-state index contributed by atoms with van der Waals surface area (Å²) in [5.74, 6) is -0.913. The minimum atomic E-state index is -0.906. The van der Waals surface area contributed by atoms with Gasteiger partial charge < -0.3 is 10.1 Å². The Hall–Kier alpha value is -1.79. The molecule has 1 saturated heterocycles. The zero-order valence-electron chi connectivity index (χ0n) is 13.0. The van der Waals surface area contributed by atoms with Crippen LogP contribution in [0, 0.1) is 5.92 Å². The van der Waals surface area contributed by atoms with Gasteiger partial charge in [-0.2, -0.15) is 0 Å². The van der Waals surface area contributed by atoms with Crippen LogP contribution in [0.4, 0.5) is 4.79 Å². The Morgan fingerprint density at radius 2 is 2.08 bits per heavy atom. The highest BCUT2D eigenvalue weighted by Crippen LogP contribution is 2.42. The molecule has 0 spiro atoms. The molecule has 0 aromatic heterocycles. The highest BCUT2D eigenvalue weighted by molar-refractivity contribution is 6.35. The first-order chi connectivity index (χ1) is 11.3. The Bertz CT molecular complexity index is 720. The summed E-state index contributed by atoms with van der Waals surface area (Å²) < 4.78 is 5.11. The van der Waals surface area contributed by atoms with Gasteiger partial charge in [0.2, 0.25) is 0 Å². The summed E-state index contributed by atoms with van der Waals surface area (Å²) >= 11 is 11.8. The Kier molecular flexibility index (Phi) is 4.44. The van der Waals surface area contributed by atoms with Crippen LogP contribution in [0.2, 0.25) is 10.0 Å². The molecule has 24 heavy (non-hydrogen) atoms. The largest absolute Gasteiger partial charge is 0.459 e. The molecule has 1 atom stereocenters. The predicted octanol–water partition coefficient (Wildman–Crippen LogP) is 2.76. The van der Waals surface area contributed by atoms with Crippen LogP contribution in [0.3, 0.4) is 0 Å². The molecule has 8 heteroatoms. The average molecular weight is 371 g/mol. The molecule has 1 saturated carbocycles. The van der Waals surface area contributed by atoms with Crippen LogP contribution in [-0.4, -0.2) is 34.9 Å². The molecule has 1 aliphatic carbocycles. The van der Waals surface area contributed by atoms with Gasteiger partial charge in [0.1, 0.15) is 18.7 Å². The number of benzene rings is 1. The molecule has 1 aromatic carbocycles. The van der Waals surface area contributed by atoms with Crippen LogP contribution >= 0.6 is 23.2 Å². The molecular weight excluding hydrogens is 355 g/mol. The van der Waals surface area contributed by atoms with Gasteiger partial charge in [-0.15, -0.1) is 0 Å². The Morgan fingerprint density at radius 1 is 1.38 bits per heavy atom. The average Bonchev–Trinajstić information content (AvgIpc) is 3.33. The molecule has 3 amide bonds. The molecule has 1 aromatic rings. The summed E-state index contributed by atoms with van der Waals surface area (Å²) in [5.41, 5.74) is -0.314. The highest BCUT2D eigenvalue weighted by atomic mass is 35.5. The van der Waals surface area contributed by atoms with Gasteiger partial charge >= 0.3 is 12.0 Å². The Labute approximate surface area is 149 Å². The molecule has 1 unspecified atom stereocenters. The Morgan fingerprint density at radius 3 is 2.71 bits per heavy atom. The molecule has 2 fully saturated rings. The monoisotopic (exact) mass is 370 g/mol. The maximum atomic E-state index is 12.4. The van der Waals surface area contributed by atoms with Gasteiger partial charge in [-0.3, -0.25) is 14.5 Å². The maximum absolute atomic E-state index is 12.4. The van der Waals surface area contributed by atoms with Crippen LogP contribution in [-0.2, 0) is 20.9 Å². The number of halogens is 2. The van der Waals surface area contributed by atoms with E-state index in [1.807, 2.05) is 0 Å². The molecular formula is C16H16Cl2N2O4. The summed E-state index contributed by atoms with van der Waals surface area (Å²) in [5, 5.41) is 3.54. The van der Waals surface area contributed by atoms with Crippen LogP contribution < -0.4 is 5.32 Å². The lowest BCUT2D eigenvalue weighted by atomic mass is 9.96. The minimum Gasteiger partial charge on any atom is -0.459 e. The van der Waals surface area contributed by atoms with Gasteiger partial charge in [0.15, 0.2) is 0 Å². The van der Waals surface area contributed by atoms with Crippen molar-refractivity contribution >= 4 is 41.1 Å². The normalized spacial score (nSPS) is 23.4. The van der Waals surface area contributed by atoms with Gasteiger partial charge in [0, 0.05) is 15.6 Å². The number of hydrogen-bond donors (Lipinski definition) is 1.